The molecule has 8 nitrogen and oxygen atoms in total. The number of aliphatic hydroxyl groups is 3. The van der Waals surface area contributed by atoms with Gasteiger partial charge in [0.2, 0.25) is 5.78 Å². The van der Waals surface area contributed by atoms with Crippen LogP contribution in [0.15, 0.2) is 59.6 Å². The zero-order valence-electron chi connectivity index (χ0n) is 20.8. The van der Waals surface area contributed by atoms with Crippen molar-refractivity contribution in [2.45, 2.75) is 35.2 Å². The lowest BCUT2D eigenvalue weighted by atomic mass is 9.59. The maximum atomic E-state index is 14.1. The van der Waals surface area contributed by atoms with Crippen LogP contribution in [0.25, 0.3) is 17.2 Å². The molecule has 1 amide bonds. The second kappa shape index (κ2) is 8.81. The molecule has 0 saturated carbocycles. The zero-order chi connectivity index (χ0) is 27.7. The fraction of sp³-hybridized carbons (Fsp3) is 0.276. The molecule has 0 aliphatic heterocycles. The van der Waals surface area contributed by atoms with Gasteiger partial charge in [0.15, 0.2) is 11.4 Å². The van der Waals surface area contributed by atoms with Gasteiger partial charge in [0.05, 0.1) is 16.1 Å². The van der Waals surface area contributed by atoms with Crippen molar-refractivity contribution in [3.05, 3.63) is 81.8 Å². The van der Waals surface area contributed by atoms with Crippen molar-refractivity contribution in [2.75, 3.05) is 7.11 Å². The molecule has 3 atom stereocenters. The van der Waals surface area contributed by atoms with Gasteiger partial charge in [0.25, 0.3) is 5.91 Å². The van der Waals surface area contributed by atoms with Gasteiger partial charge in [-0.25, -0.2) is 0 Å². The fourth-order valence-electron chi connectivity index (χ4n) is 6.14. The highest BCUT2D eigenvalue weighted by atomic mass is 127. The van der Waals surface area contributed by atoms with Crippen LogP contribution in [0.3, 0.4) is 0 Å². The summed E-state index contributed by atoms with van der Waals surface area (Å²) in [5.74, 6) is -4.51. The first-order valence-corrected chi connectivity index (χ1v) is 13.1. The smallest absolute Gasteiger partial charge is 0.255 e. The minimum absolute atomic E-state index is 0.0677. The highest BCUT2D eigenvalue weighted by Gasteiger charge is 2.63. The van der Waals surface area contributed by atoms with Crippen LogP contribution >= 0.6 is 22.6 Å². The first-order chi connectivity index (χ1) is 17.9. The van der Waals surface area contributed by atoms with E-state index in [1.165, 1.54) is 0 Å². The molecule has 38 heavy (non-hydrogen) atoms. The number of ketones is 2. The third kappa shape index (κ3) is 3.48. The number of halogens is 1. The summed E-state index contributed by atoms with van der Waals surface area (Å²) in [5, 5.41) is 33.3. The standard InChI is InChI=1S/C29H26INO7/c1-4-14-9-16(38-3)6-8-17(14)18-7-5-13(2)21-19(18)12-28(30)11-15-10-20(32)22(27(31)36)25(34)29(15,37)26(35)23(28)24(21)33/h4-9,15,32,35,37H,1,10-12H2,2-3H3,(H2,31,36)/t15-,28+,29-/m1/s1. The van der Waals surface area contributed by atoms with Crippen LogP contribution < -0.4 is 10.5 Å². The summed E-state index contributed by atoms with van der Waals surface area (Å²) in [6, 6.07) is 9.36. The Morgan fingerprint density at radius 2 is 1.89 bits per heavy atom. The van der Waals surface area contributed by atoms with Crippen molar-refractivity contribution in [1.82, 2.24) is 0 Å². The number of carbonyl (C=O) groups excluding carboxylic acids is 3. The van der Waals surface area contributed by atoms with E-state index in [2.05, 4.69) is 29.2 Å². The second-order valence-corrected chi connectivity index (χ2v) is 12.1. The molecule has 196 valence electrons. The summed E-state index contributed by atoms with van der Waals surface area (Å²) in [5.41, 5.74) is 6.27. The molecule has 0 bridgehead atoms. The number of alkyl halides is 1. The molecular formula is C29H26INO7. The summed E-state index contributed by atoms with van der Waals surface area (Å²) in [7, 11) is 1.58. The van der Waals surface area contributed by atoms with Crippen molar-refractivity contribution < 1.29 is 34.4 Å². The highest BCUT2D eigenvalue weighted by Crippen LogP contribution is 2.57. The van der Waals surface area contributed by atoms with E-state index in [1.807, 2.05) is 30.3 Å². The molecule has 0 fully saturated rings. The number of nitrogens with two attached hydrogens (primary N) is 1. The zero-order valence-corrected chi connectivity index (χ0v) is 23.0. The average Bonchev–Trinajstić information content (AvgIpc) is 2.85. The molecule has 5 N–H and O–H groups in total. The van der Waals surface area contributed by atoms with E-state index < -0.39 is 49.5 Å². The summed E-state index contributed by atoms with van der Waals surface area (Å²) in [6.45, 7) is 5.72. The van der Waals surface area contributed by atoms with E-state index in [-0.39, 0.29) is 18.4 Å². The average molecular weight is 627 g/mol. The van der Waals surface area contributed by atoms with E-state index in [0.29, 0.717) is 23.3 Å². The van der Waals surface area contributed by atoms with Gasteiger partial charge in [-0.2, -0.15) is 0 Å². The van der Waals surface area contributed by atoms with Gasteiger partial charge in [-0.1, -0.05) is 53.4 Å². The Labute approximate surface area is 232 Å². The summed E-state index contributed by atoms with van der Waals surface area (Å²) >= 11 is 2.11. The predicted molar refractivity (Wildman–Crippen MR) is 149 cm³/mol. The topological polar surface area (TPSA) is 147 Å². The first-order valence-electron chi connectivity index (χ1n) is 12.0. The number of Topliss-reactive ketones (excluding diaryl/α,β-unsaturated/α-hetero) is 2. The minimum Gasteiger partial charge on any atom is -0.511 e. The normalized spacial score (nSPS) is 26.5. The van der Waals surface area contributed by atoms with Crippen LogP contribution in [0.2, 0.25) is 0 Å². The van der Waals surface area contributed by atoms with Crippen LogP contribution in [0.5, 0.6) is 5.75 Å². The Morgan fingerprint density at radius 3 is 2.53 bits per heavy atom. The summed E-state index contributed by atoms with van der Waals surface area (Å²) < 4.78 is 4.36. The van der Waals surface area contributed by atoms with Crippen molar-refractivity contribution >= 4 is 46.1 Å². The Balaban J connectivity index is 1.74. The molecule has 0 heterocycles. The van der Waals surface area contributed by atoms with Crippen LogP contribution in [-0.2, 0) is 16.0 Å². The SMILES string of the molecule is C=Cc1cc(OC)ccc1-c1ccc(C)c2c1C[C@@]1(I)C[C@H]3CC(O)=C(C(N)=O)C(=O)[C@@]3(O)C(O)=C1C2=O. The molecular weight excluding hydrogens is 601 g/mol. The molecule has 0 spiro atoms. The van der Waals surface area contributed by atoms with Gasteiger partial charge in [0, 0.05) is 17.9 Å². The second-order valence-electron chi connectivity index (χ2n) is 10.0. The molecule has 9 heteroatoms. The molecule has 3 aliphatic carbocycles. The Kier molecular flexibility index (Phi) is 6.07. The molecule has 2 aromatic carbocycles. The first kappa shape index (κ1) is 26.2. The molecule has 0 saturated heterocycles. The predicted octanol–water partition coefficient (Wildman–Crippen LogP) is 4.06. The number of methoxy groups -OCH3 is 1. The molecule has 0 aromatic heterocycles. The number of allylic oxidation sites excluding steroid dienone is 2. The third-order valence-corrected chi connectivity index (χ3v) is 9.32. The molecule has 3 aliphatic rings. The van der Waals surface area contributed by atoms with E-state index in [0.717, 1.165) is 22.3 Å². The maximum absolute atomic E-state index is 14.1. The number of amides is 1. The number of aliphatic hydroxyl groups excluding tert-OH is 2. The monoisotopic (exact) mass is 627 g/mol. The number of benzene rings is 2. The maximum Gasteiger partial charge on any atom is 0.255 e. The van der Waals surface area contributed by atoms with E-state index in [4.69, 9.17) is 10.5 Å². The van der Waals surface area contributed by atoms with Crippen LogP contribution in [0.1, 0.15) is 39.9 Å². The van der Waals surface area contributed by atoms with Gasteiger partial charge in [0.1, 0.15) is 22.8 Å². The van der Waals surface area contributed by atoms with E-state index >= 15 is 0 Å². The quantitative estimate of drug-likeness (QED) is 0.227. The Bertz CT molecular complexity index is 1540. The number of carbonyl (C=O) groups is 3. The number of hydrogen-bond acceptors (Lipinski definition) is 7. The van der Waals surface area contributed by atoms with Crippen LogP contribution in [0.4, 0.5) is 0 Å². The Hall–Kier alpha value is -3.44. The largest absolute Gasteiger partial charge is 0.511 e. The van der Waals surface area contributed by atoms with Gasteiger partial charge in [-0.05, 0) is 59.7 Å². The van der Waals surface area contributed by atoms with Crippen molar-refractivity contribution in [1.29, 1.82) is 0 Å². The highest BCUT2D eigenvalue weighted by molar-refractivity contribution is 14.1. The Morgan fingerprint density at radius 1 is 1.21 bits per heavy atom. The number of ether oxygens (including phenoxy) is 1. The van der Waals surface area contributed by atoms with Crippen LogP contribution in [-0.4, -0.2) is 48.9 Å². The van der Waals surface area contributed by atoms with Gasteiger partial charge < -0.3 is 25.8 Å². The lowest BCUT2D eigenvalue weighted by Crippen LogP contribution is -2.60. The number of hydrogen-bond donors (Lipinski definition) is 4. The minimum atomic E-state index is -2.54. The third-order valence-electron chi connectivity index (χ3n) is 7.96. The van der Waals surface area contributed by atoms with Crippen molar-refractivity contribution in [3.63, 3.8) is 0 Å². The lowest BCUT2D eigenvalue weighted by molar-refractivity contribution is -0.143. The van der Waals surface area contributed by atoms with Gasteiger partial charge in [-0.15, -0.1) is 0 Å². The van der Waals surface area contributed by atoms with Gasteiger partial charge in [-0.3, -0.25) is 14.4 Å². The number of rotatable bonds is 4. The molecule has 2 aromatic rings. The van der Waals surface area contributed by atoms with Crippen LogP contribution in [0, 0.1) is 12.8 Å². The lowest BCUT2D eigenvalue weighted by Gasteiger charge is -2.49. The molecule has 5 rings (SSSR count). The van der Waals surface area contributed by atoms with E-state index in [1.54, 1.807) is 20.1 Å². The fourth-order valence-corrected chi connectivity index (χ4v) is 7.55. The number of primary amides is 1. The summed E-state index contributed by atoms with van der Waals surface area (Å²) in [6.07, 6.45) is 1.89. The van der Waals surface area contributed by atoms with Crippen molar-refractivity contribution in [2.24, 2.45) is 11.7 Å². The van der Waals surface area contributed by atoms with E-state index in [9.17, 15) is 29.7 Å². The number of fused-ring (bicyclic) bond motifs is 3. The molecule has 0 radical (unpaired) electrons. The van der Waals surface area contributed by atoms with Crippen molar-refractivity contribution in [3.8, 4) is 16.9 Å². The number of aryl methyl sites for hydroxylation is 1. The molecule has 0 unspecified atom stereocenters. The summed E-state index contributed by atoms with van der Waals surface area (Å²) in [4.78, 5) is 39.2. The van der Waals surface area contributed by atoms with Gasteiger partial charge >= 0.3 is 0 Å².